The van der Waals surface area contributed by atoms with Crippen molar-refractivity contribution in [3.63, 3.8) is 0 Å². The minimum absolute atomic E-state index is 0. The van der Waals surface area contributed by atoms with Crippen molar-refractivity contribution in [1.82, 2.24) is 5.32 Å². The Morgan fingerprint density at radius 3 is 2.47 bits per heavy atom. The lowest BCUT2D eigenvalue weighted by Gasteiger charge is -2.09. The molecule has 0 bridgehead atoms. The molecular weight excluding hydrogens is 234 g/mol. The van der Waals surface area contributed by atoms with Gasteiger partial charge in [-0.15, -0.1) is 0 Å². The zero-order valence-electron chi connectivity index (χ0n) is 7.28. The summed E-state index contributed by atoms with van der Waals surface area (Å²) in [4.78, 5) is 11.0. The first-order valence-corrected chi connectivity index (χ1v) is 7.13. The fraction of sp³-hybridized carbons (Fsp3) is 0.889. The van der Waals surface area contributed by atoms with E-state index in [4.69, 9.17) is 0 Å². The normalized spacial score (nSPS) is 21.5. The number of nitrogens with one attached hydrogen (secondary N) is 1. The van der Waals surface area contributed by atoms with Crippen LogP contribution in [-0.4, -0.2) is 43.9 Å². The van der Waals surface area contributed by atoms with Gasteiger partial charge >= 0.3 is 0 Å². The molecule has 1 N–H and O–H groups in total. The Bertz CT molecular complexity index is 275. The fourth-order valence-electron chi connectivity index (χ4n) is 0.989. The smallest absolute Gasteiger partial charge is 0.221 e. The van der Waals surface area contributed by atoms with E-state index in [0.717, 1.165) is 5.75 Å². The molecule has 15 heavy (non-hydrogen) atoms. The molecule has 0 aromatic carbocycles. The molecule has 1 rings (SSSR count). The maximum atomic E-state index is 11.2. The predicted octanol–water partition coefficient (Wildman–Crippen LogP) is 0.927. The highest BCUT2D eigenvalue weighted by Gasteiger charge is 2.14. The summed E-state index contributed by atoms with van der Waals surface area (Å²) in [5.74, 6) is 1.45. The molecule has 0 unspecified atom stereocenters. The van der Waals surface area contributed by atoms with Gasteiger partial charge in [0.25, 0.3) is 0 Å². The van der Waals surface area contributed by atoms with E-state index in [1.165, 1.54) is 0 Å². The van der Waals surface area contributed by atoms with Crippen LogP contribution in [0.3, 0.4) is 0 Å². The Morgan fingerprint density at radius 2 is 1.80 bits per heavy atom. The Labute approximate surface area is 97.1 Å². The predicted molar refractivity (Wildman–Crippen MR) is 67.1 cm³/mol. The molecule has 0 aromatic heterocycles. The van der Waals surface area contributed by atoms with Gasteiger partial charge in [-0.05, 0) is 0 Å². The maximum Gasteiger partial charge on any atom is 0.221 e. The summed E-state index contributed by atoms with van der Waals surface area (Å²) in [6.07, 6.45) is 0.104. The number of sulfone groups is 1. The maximum absolute atomic E-state index is 11.2. The molecule has 92 valence electrons. The fourth-order valence-corrected chi connectivity index (χ4v) is 3.63. The molecule has 1 aliphatic rings. The van der Waals surface area contributed by atoms with E-state index in [9.17, 15) is 13.2 Å². The number of carbonyl (C=O) groups is 1. The first-order valence-electron chi connectivity index (χ1n) is 4.15. The van der Waals surface area contributed by atoms with E-state index in [1.54, 1.807) is 11.8 Å². The van der Waals surface area contributed by atoms with Crippen LogP contribution < -0.4 is 5.32 Å². The molecule has 0 atom stereocenters. The van der Waals surface area contributed by atoms with Gasteiger partial charge in [0.15, 0.2) is 9.84 Å². The van der Waals surface area contributed by atoms with Gasteiger partial charge in [0.2, 0.25) is 5.91 Å². The summed E-state index contributed by atoms with van der Waals surface area (Å²) in [6.45, 7) is 0.642. The Hall–Kier alpha value is -0.230. The third-order valence-electron chi connectivity index (χ3n) is 1.75. The highest BCUT2D eigenvalue weighted by Crippen LogP contribution is 2.04. The number of rotatable bonds is 0. The molecule has 1 saturated heterocycles. The molecule has 0 aromatic rings. The van der Waals surface area contributed by atoms with E-state index < -0.39 is 9.84 Å². The lowest BCUT2D eigenvalue weighted by atomic mass is 10.4. The molecule has 0 radical (unpaired) electrons. The zero-order valence-corrected chi connectivity index (χ0v) is 8.92. The molecule has 1 amide bonds. The van der Waals surface area contributed by atoms with Crippen LogP contribution in [0.25, 0.3) is 0 Å². The van der Waals surface area contributed by atoms with E-state index in [1.807, 2.05) is 0 Å². The molecule has 0 aliphatic carbocycles. The van der Waals surface area contributed by atoms with E-state index in [2.05, 4.69) is 5.32 Å². The van der Waals surface area contributed by atoms with Gasteiger partial charge in [-0.3, -0.25) is 4.79 Å². The zero-order chi connectivity index (χ0) is 9.73. The van der Waals surface area contributed by atoms with Crippen molar-refractivity contribution in [1.29, 1.82) is 0 Å². The molecule has 0 saturated carbocycles. The van der Waals surface area contributed by atoms with Crippen molar-refractivity contribution in [2.45, 2.75) is 21.3 Å². The van der Waals surface area contributed by atoms with Gasteiger partial charge in [-0.25, -0.2) is 8.42 Å². The van der Waals surface area contributed by atoms with Crippen molar-refractivity contribution in [3.05, 3.63) is 0 Å². The minimum Gasteiger partial charge on any atom is -0.355 e. The molecule has 0 spiro atoms. The van der Waals surface area contributed by atoms with Crippen LogP contribution in [0.4, 0.5) is 0 Å². The monoisotopic (exact) mass is 255 g/mol. The molecule has 6 heteroatoms. The van der Waals surface area contributed by atoms with Crippen molar-refractivity contribution in [2.24, 2.45) is 0 Å². The van der Waals surface area contributed by atoms with Gasteiger partial charge in [0, 0.05) is 24.5 Å². The highest BCUT2D eigenvalue weighted by molar-refractivity contribution is 8.00. The van der Waals surface area contributed by atoms with E-state index in [-0.39, 0.29) is 38.7 Å². The highest BCUT2D eigenvalue weighted by atomic mass is 32.2. The van der Waals surface area contributed by atoms with Gasteiger partial charge in [-0.1, -0.05) is 14.9 Å². The summed E-state index contributed by atoms with van der Waals surface area (Å²) in [5.41, 5.74) is 0. The number of hydrogen-bond acceptors (Lipinski definition) is 4. The van der Waals surface area contributed by atoms with Crippen LogP contribution in [0.5, 0.6) is 0 Å². The van der Waals surface area contributed by atoms with E-state index in [0.29, 0.717) is 12.3 Å². The lowest BCUT2D eigenvalue weighted by Crippen LogP contribution is -2.29. The van der Waals surface area contributed by atoms with Crippen LogP contribution in [0.2, 0.25) is 0 Å². The Kier molecular flexibility index (Phi) is 9.14. The quantitative estimate of drug-likeness (QED) is 0.699. The van der Waals surface area contributed by atoms with Crippen molar-refractivity contribution >= 4 is 27.5 Å². The van der Waals surface area contributed by atoms with E-state index >= 15 is 0 Å². The van der Waals surface area contributed by atoms with Crippen molar-refractivity contribution < 1.29 is 13.2 Å². The second kappa shape index (κ2) is 7.98. The molecular formula is C9H21NO3S2. The third-order valence-corrected chi connectivity index (χ3v) is 4.64. The first-order chi connectivity index (χ1) is 6.10. The summed E-state index contributed by atoms with van der Waals surface area (Å²) in [5, 5.41) is 2.67. The van der Waals surface area contributed by atoms with Crippen LogP contribution >= 0.6 is 11.8 Å². The summed E-state index contributed by atoms with van der Waals surface area (Å²) in [6, 6.07) is 0. The SMILES string of the molecule is C.C.O=C1CCS(=O)(=O)CCSCCN1. The first kappa shape index (κ1) is 17.2. The molecule has 1 aliphatic heterocycles. The van der Waals surface area contributed by atoms with Gasteiger partial charge in [0.05, 0.1) is 11.5 Å². The van der Waals surface area contributed by atoms with Gasteiger partial charge in [0.1, 0.15) is 0 Å². The summed E-state index contributed by atoms with van der Waals surface area (Å²) < 4.78 is 22.5. The van der Waals surface area contributed by atoms with Crippen LogP contribution in [0.1, 0.15) is 21.3 Å². The average Bonchev–Trinajstić information content (AvgIpc) is 2.07. The second-order valence-electron chi connectivity index (χ2n) is 2.86. The summed E-state index contributed by atoms with van der Waals surface area (Å²) in [7, 11) is -3.00. The van der Waals surface area contributed by atoms with Gasteiger partial charge in [-0.2, -0.15) is 11.8 Å². The largest absolute Gasteiger partial charge is 0.355 e. The molecule has 4 nitrogen and oxygen atoms in total. The van der Waals surface area contributed by atoms with Crippen LogP contribution in [-0.2, 0) is 14.6 Å². The van der Waals surface area contributed by atoms with Crippen molar-refractivity contribution in [2.75, 3.05) is 29.6 Å². The van der Waals surface area contributed by atoms with Crippen LogP contribution in [0, 0.1) is 0 Å². The second-order valence-corrected chi connectivity index (χ2v) is 6.39. The number of amides is 1. The Balaban J connectivity index is 0. The Morgan fingerprint density at radius 1 is 1.13 bits per heavy atom. The number of thioether (sulfide) groups is 1. The topological polar surface area (TPSA) is 63.2 Å². The van der Waals surface area contributed by atoms with Crippen LogP contribution in [0.15, 0.2) is 0 Å². The number of hydrogen-bond donors (Lipinski definition) is 1. The standard InChI is InChI=1S/C7H13NO3S2.2CH4/c9-7-1-5-13(10,11)6-4-12-3-2-8-7;;/h1-6H2,(H,8,9);2*1H4. The summed E-state index contributed by atoms with van der Waals surface area (Å²) >= 11 is 1.56. The molecule has 1 fully saturated rings. The third kappa shape index (κ3) is 7.67. The average molecular weight is 255 g/mol. The number of carbonyl (C=O) groups excluding carboxylic acids is 1. The van der Waals surface area contributed by atoms with Crippen molar-refractivity contribution in [3.8, 4) is 0 Å². The lowest BCUT2D eigenvalue weighted by molar-refractivity contribution is -0.120. The molecule has 1 heterocycles. The van der Waals surface area contributed by atoms with Gasteiger partial charge < -0.3 is 5.32 Å². The minimum atomic E-state index is -3.00.